The summed E-state index contributed by atoms with van der Waals surface area (Å²) in [6.45, 7) is 4.87. The topological polar surface area (TPSA) is 65.7 Å². The molecule has 1 aliphatic heterocycles. The van der Waals surface area contributed by atoms with Crippen LogP contribution in [0.2, 0.25) is 0 Å². The van der Waals surface area contributed by atoms with Gasteiger partial charge in [0.15, 0.2) is 6.29 Å². The fourth-order valence-corrected chi connectivity index (χ4v) is 4.70. The molecule has 0 radical (unpaired) electrons. The van der Waals surface area contributed by atoms with Gasteiger partial charge in [-0.25, -0.2) is 0 Å². The monoisotopic (exact) mass is 510 g/mol. The Hall–Kier alpha value is -2.21. The van der Waals surface area contributed by atoms with E-state index in [1.165, 1.54) is 64.5 Å². The second kappa shape index (κ2) is 18.9. The van der Waals surface area contributed by atoms with Gasteiger partial charge in [-0.2, -0.15) is 0 Å². The molecule has 0 saturated carbocycles. The van der Waals surface area contributed by atoms with Gasteiger partial charge in [0, 0.05) is 23.6 Å². The third-order valence-electron chi connectivity index (χ3n) is 6.96. The Balaban J connectivity index is 0.000000700. The van der Waals surface area contributed by atoms with Crippen LogP contribution in [-0.4, -0.2) is 45.7 Å². The average molecular weight is 511 g/mol. The van der Waals surface area contributed by atoms with E-state index in [9.17, 15) is 15.0 Å². The van der Waals surface area contributed by atoms with Gasteiger partial charge in [-0.05, 0) is 77.6 Å². The number of aromatic nitrogens is 1. The van der Waals surface area contributed by atoms with Gasteiger partial charge in [-0.3, -0.25) is 9.36 Å². The minimum absolute atomic E-state index is 0.00813. The number of aliphatic hydroxyl groups excluding tert-OH is 1. The summed E-state index contributed by atoms with van der Waals surface area (Å²) in [5.41, 5.74) is 1.11. The molecule has 206 valence electrons. The maximum Gasteiger partial charge on any atom is 0.231 e. The molecular formula is C32H50N2O3. The van der Waals surface area contributed by atoms with Crippen LogP contribution in [-0.2, 0) is 0 Å². The number of hydrogen-bond donors (Lipinski definition) is 2. The molecule has 3 rings (SSSR count). The second-order valence-corrected chi connectivity index (χ2v) is 10.2. The van der Waals surface area contributed by atoms with Crippen LogP contribution in [0.3, 0.4) is 0 Å². The van der Waals surface area contributed by atoms with Gasteiger partial charge in [-0.15, -0.1) is 0 Å². The van der Waals surface area contributed by atoms with Crippen LogP contribution in [0.1, 0.15) is 113 Å². The minimum atomic E-state index is -1.57. The predicted molar refractivity (Wildman–Crippen MR) is 156 cm³/mol. The van der Waals surface area contributed by atoms with E-state index < -0.39 is 6.29 Å². The molecule has 2 heterocycles. The molecule has 0 atom stereocenters. The summed E-state index contributed by atoms with van der Waals surface area (Å²) >= 11 is 0. The van der Waals surface area contributed by atoms with E-state index in [4.69, 9.17) is 0 Å². The van der Waals surface area contributed by atoms with E-state index in [1.807, 2.05) is 24.3 Å². The number of hydrogen-bond acceptors (Lipinski definition) is 4. The Morgan fingerprint density at radius 2 is 1.51 bits per heavy atom. The number of allylic oxidation sites excluding steroid dienone is 4. The fraction of sp³-hybridized carbons (Fsp3) is 0.594. The lowest BCUT2D eigenvalue weighted by molar-refractivity contribution is -0.0413. The van der Waals surface area contributed by atoms with Gasteiger partial charge >= 0.3 is 0 Å². The number of carbonyl (C=O) groups is 1. The quantitative estimate of drug-likeness (QED) is 0.146. The molecular weight excluding hydrogens is 460 g/mol. The van der Waals surface area contributed by atoms with Gasteiger partial charge in [0.25, 0.3) is 0 Å². The number of aliphatic hydroxyl groups is 2. The molecule has 0 aliphatic carbocycles. The zero-order valence-electron chi connectivity index (χ0n) is 23.3. The first kappa shape index (κ1) is 31.0. The highest BCUT2D eigenvalue weighted by molar-refractivity contribution is 5.94. The van der Waals surface area contributed by atoms with Crippen LogP contribution in [0, 0.1) is 0 Å². The van der Waals surface area contributed by atoms with Gasteiger partial charge in [0.05, 0.1) is 5.52 Å². The van der Waals surface area contributed by atoms with Crippen LogP contribution >= 0.6 is 0 Å². The maximum absolute atomic E-state index is 12.6. The first-order chi connectivity index (χ1) is 18.0. The first-order valence-electron chi connectivity index (χ1n) is 14.5. The van der Waals surface area contributed by atoms with Crippen molar-refractivity contribution in [3.63, 3.8) is 0 Å². The van der Waals surface area contributed by atoms with Crippen LogP contribution < -0.4 is 0 Å². The Labute approximate surface area is 224 Å². The van der Waals surface area contributed by atoms with E-state index >= 15 is 0 Å². The lowest BCUT2D eigenvalue weighted by Crippen LogP contribution is -2.10. The molecule has 0 bridgehead atoms. The lowest BCUT2D eigenvalue weighted by Gasteiger charge is -2.04. The van der Waals surface area contributed by atoms with Crippen molar-refractivity contribution >= 4 is 16.8 Å². The van der Waals surface area contributed by atoms with E-state index in [0.717, 1.165) is 37.6 Å². The smallest absolute Gasteiger partial charge is 0.231 e. The zero-order chi connectivity index (χ0) is 26.7. The highest BCUT2D eigenvalue weighted by Gasteiger charge is 2.16. The number of para-hydroxylation sites is 1. The van der Waals surface area contributed by atoms with Crippen molar-refractivity contribution in [3.05, 3.63) is 60.3 Å². The van der Waals surface area contributed by atoms with E-state index in [0.29, 0.717) is 17.4 Å². The van der Waals surface area contributed by atoms with Crippen molar-refractivity contribution in [3.8, 4) is 0 Å². The number of benzene rings is 1. The number of likely N-dealkylation sites (tertiary alicyclic amines) is 1. The van der Waals surface area contributed by atoms with Crippen LogP contribution in [0.25, 0.3) is 10.9 Å². The highest BCUT2D eigenvalue weighted by Crippen LogP contribution is 2.26. The summed E-state index contributed by atoms with van der Waals surface area (Å²) in [4.78, 5) is 15.0. The molecule has 1 fully saturated rings. The molecule has 5 nitrogen and oxygen atoms in total. The van der Waals surface area contributed by atoms with E-state index in [1.54, 1.807) is 10.8 Å². The molecule has 0 unspecified atom stereocenters. The average Bonchev–Trinajstić information content (AvgIpc) is 3.53. The molecule has 37 heavy (non-hydrogen) atoms. The molecule has 0 spiro atoms. The third kappa shape index (κ3) is 12.3. The molecule has 1 aromatic carbocycles. The largest absolute Gasteiger partial charge is 0.364 e. The maximum atomic E-state index is 12.6. The number of fused-ring (bicyclic) bond motifs is 1. The second-order valence-electron chi connectivity index (χ2n) is 10.2. The van der Waals surface area contributed by atoms with Crippen molar-refractivity contribution in [1.82, 2.24) is 9.47 Å². The summed E-state index contributed by atoms with van der Waals surface area (Å²) in [6, 6.07) is 7.35. The molecule has 1 aliphatic rings. The Morgan fingerprint density at radius 1 is 0.892 bits per heavy atom. The summed E-state index contributed by atoms with van der Waals surface area (Å²) in [5.74, 6) is 0.00813. The van der Waals surface area contributed by atoms with Crippen LogP contribution in [0.4, 0.5) is 0 Å². The molecule has 2 N–H and O–H groups in total. The molecule has 1 aromatic heterocycles. The SMILES string of the molecule is CCCCC/C=C\C/C=C\CCCCCCCC(=O)n1cc(C(O)O)c2ccccc21.CN1CCCC1. The standard InChI is InChI=1S/C27H39NO3.C5H11N/c1-2-3-4-5-6-7-8-9-10-11-12-13-14-15-16-21-26(29)28-22-24(27(30)31)23-19-17-18-20-25(23)28;1-6-4-2-3-5-6/h6-7,9-10,17-20,22,27,30-31H,2-5,8,11-16,21H2,1H3;2-5H2,1H3/b7-6-,10-9-;. The number of carbonyl (C=O) groups excluding carboxylic acids is 1. The van der Waals surface area contributed by atoms with Gasteiger partial charge in [0.2, 0.25) is 5.91 Å². The summed E-state index contributed by atoms with van der Waals surface area (Å²) < 4.78 is 1.56. The minimum Gasteiger partial charge on any atom is -0.364 e. The molecule has 1 saturated heterocycles. The third-order valence-corrected chi connectivity index (χ3v) is 6.96. The Kier molecular flexibility index (Phi) is 15.9. The Morgan fingerprint density at radius 3 is 2.14 bits per heavy atom. The summed E-state index contributed by atoms with van der Waals surface area (Å²) in [5, 5.41) is 19.8. The van der Waals surface area contributed by atoms with Crippen LogP contribution in [0.5, 0.6) is 0 Å². The van der Waals surface area contributed by atoms with Crippen molar-refractivity contribution in [2.45, 2.75) is 103 Å². The van der Waals surface area contributed by atoms with Gasteiger partial charge in [0.1, 0.15) is 0 Å². The molecule has 0 amide bonds. The van der Waals surface area contributed by atoms with Crippen molar-refractivity contribution in [1.29, 1.82) is 0 Å². The summed E-state index contributed by atoms with van der Waals surface area (Å²) in [7, 11) is 2.17. The van der Waals surface area contributed by atoms with Crippen LogP contribution in [0.15, 0.2) is 54.8 Å². The fourth-order valence-electron chi connectivity index (χ4n) is 4.70. The normalized spacial score (nSPS) is 14.3. The number of nitrogens with zero attached hydrogens (tertiary/aromatic N) is 2. The van der Waals surface area contributed by atoms with Gasteiger partial charge < -0.3 is 15.1 Å². The first-order valence-corrected chi connectivity index (χ1v) is 14.5. The number of unbranched alkanes of at least 4 members (excludes halogenated alkanes) is 8. The lowest BCUT2D eigenvalue weighted by atomic mass is 10.1. The molecule has 2 aromatic rings. The number of rotatable bonds is 15. The van der Waals surface area contributed by atoms with Crippen molar-refractivity contribution in [2.24, 2.45) is 0 Å². The zero-order valence-corrected chi connectivity index (χ0v) is 23.3. The summed E-state index contributed by atoms with van der Waals surface area (Å²) in [6.07, 6.45) is 25.1. The molecule has 5 heteroatoms. The highest BCUT2D eigenvalue weighted by atomic mass is 16.5. The van der Waals surface area contributed by atoms with Crippen molar-refractivity contribution < 1.29 is 15.0 Å². The van der Waals surface area contributed by atoms with E-state index in [-0.39, 0.29) is 5.91 Å². The Bertz CT molecular complexity index is 939. The van der Waals surface area contributed by atoms with E-state index in [2.05, 4.69) is 43.2 Å². The van der Waals surface area contributed by atoms with Gasteiger partial charge in [-0.1, -0.05) is 81.5 Å². The van der Waals surface area contributed by atoms with Crippen molar-refractivity contribution in [2.75, 3.05) is 20.1 Å². The predicted octanol–water partition coefficient (Wildman–Crippen LogP) is 7.79.